The van der Waals surface area contributed by atoms with Crippen LogP contribution in [0.1, 0.15) is 36.0 Å². The lowest BCUT2D eigenvalue weighted by molar-refractivity contribution is 0.0926. The van der Waals surface area contributed by atoms with Crippen molar-refractivity contribution in [2.75, 3.05) is 5.32 Å². The van der Waals surface area contributed by atoms with E-state index in [2.05, 4.69) is 30.7 Å². The molecule has 3 heterocycles. The SMILES string of the molecule is Cn1cc(C(=O)N[C@@H]2CCC[C@H](Nc3nc(-c4c[nH]c5c(F)cc(Cl)cc45)ncc3F)C2)cn1. The molecule has 0 bridgehead atoms. The van der Waals surface area contributed by atoms with Crippen LogP contribution in [0.4, 0.5) is 14.6 Å². The summed E-state index contributed by atoms with van der Waals surface area (Å²) >= 11 is 6.01. The van der Waals surface area contributed by atoms with Crippen LogP contribution in [0.3, 0.4) is 0 Å². The van der Waals surface area contributed by atoms with Crippen LogP contribution in [0.5, 0.6) is 0 Å². The predicted octanol–water partition coefficient (Wildman–Crippen LogP) is 4.44. The Bertz CT molecular complexity index is 1370. The van der Waals surface area contributed by atoms with Crippen molar-refractivity contribution in [2.24, 2.45) is 7.05 Å². The highest BCUT2D eigenvalue weighted by molar-refractivity contribution is 6.31. The second kappa shape index (κ2) is 9.02. The van der Waals surface area contributed by atoms with E-state index in [4.69, 9.17) is 11.6 Å². The summed E-state index contributed by atoms with van der Waals surface area (Å²) in [5.74, 6) is -0.954. The zero-order chi connectivity index (χ0) is 23.8. The quantitative estimate of drug-likeness (QED) is 0.388. The molecule has 3 aromatic heterocycles. The smallest absolute Gasteiger partial charge is 0.254 e. The summed E-state index contributed by atoms with van der Waals surface area (Å²) in [5, 5.41) is 11.0. The number of nitrogens with one attached hydrogen (secondary N) is 3. The molecule has 0 spiro atoms. The topological polar surface area (TPSA) is 101 Å². The van der Waals surface area contributed by atoms with Gasteiger partial charge in [0.1, 0.15) is 5.82 Å². The van der Waals surface area contributed by atoms with Crippen molar-refractivity contribution in [1.29, 1.82) is 0 Å². The van der Waals surface area contributed by atoms with Gasteiger partial charge in [0.05, 0.1) is 23.5 Å². The lowest BCUT2D eigenvalue weighted by Gasteiger charge is -2.30. The highest BCUT2D eigenvalue weighted by Crippen LogP contribution is 2.31. The number of halogens is 3. The standard InChI is InChI=1S/C23H22ClF2N7O/c1-33-11-12(8-29-33)23(34)31-15-4-2-3-14(7-15)30-22-19(26)10-28-21(32-22)17-9-27-20-16(17)5-13(24)6-18(20)25/h5-6,8-11,14-15,27H,2-4,7H2,1H3,(H,31,34)(H,28,30,32)/t14-,15+/m0/s1. The second-order valence-corrected chi connectivity index (χ2v) is 8.92. The first-order chi connectivity index (χ1) is 16.4. The van der Waals surface area contributed by atoms with Gasteiger partial charge in [0.25, 0.3) is 5.91 Å². The zero-order valence-electron chi connectivity index (χ0n) is 18.3. The molecular formula is C23H22ClF2N7O. The number of benzene rings is 1. The van der Waals surface area contributed by atoms with E-state index in [1.807, 2.05) is 0 Å². The molecular weight excluding hydrogens is 464 g/mol. The van der Waals surface area contributed by atoms with Gasteiger partial charge in [0.2, 0.25) is 0 Å². The summed E-state index contributed by atoms with van der Waals surface area (Å²) in [6.07, 6.45) is 8.99. The molecule has 0 saturated heterocycles. The van der Waals surface area contributed by atoms with Crippen LogP contribution in [0.25, 0.3) is 22.3 Å². The molecule has 3 N–H and O–H groups in total. The van der Waals surface area contributed by atoms with Crippen molar-refractivity contribution in [3.05, 3.63) is 59.1 Å². The number of nitrogens with zero attached hydrogens (tertiary/aromatic N) is 4. The van der Waals surface area contributed by atoms with Crippen LogP contribution < -0.4 is 10.6 Å². The molecule has 1 aliphatic carbocycles. The number of rotatable bonds is 5. The van der Waals surface area contributed by atoms with Gasteiger partial charge >= 0.3 is 0 Å². The molecule has 0 aliphatic heterocycles. The van der Waals surface area contributed by atoms with E-state index < -0.39 is 11.6 Å². The first-order valence-corrected chi connectivity index (χ1v) is 11.3. The Labute approximate surface area is 198 Å². The van der Waals surface area contributed by atoms with Gasteiger partial charge in [0.15, 0.2) is 17.5 Å². The van der Waals surface area contributed by atoms with Gasteiger partial charge in [-0.1, -0.05) is 11.6 Å². The number of anilines is 1. The van der Waals surface area contributed by atoms with Crippen molar-refractivity contribution < 1.29 is 13.6 Å². The van der Waals surface area contributed by atoms with Gasteiger partial charge in [-0.05, 0) is 37.8 Å². The van der Waals surface area contributed by atoms with Gasteiger partial charge in [0, 0.05) is 47.5 Å². The summed E-state index contributed by atoms with van der Waals surface area (Å²) in [5.41, 5.74) is 1.30. The molecule has 1 saturated carbocycles. The third kappa shape index (κ3) is 4.45. The summed E-state index contributed by atoms with van der Waals surface area (Å²) in [7, 11) is 1.75. The number of hydrogen-bond acceptors (Lipinski definition) is 5. The molecule has 0 radical (unpaired) electrons. The van der Waals surface area contributed by atoms with E-state index >= 15 is 0 Å². The molecule has 4 aromatic rings. The third-order valence-electron chi connectivity index (χ3n) is 6.01. The summed E-state index contributed by atoms with van der Waals surface area (Å²) in [6.45, 7) is 0. The van der Waals surface area contributed by atoms with Crippen molar-refractivity contribution in [1.82, 2.24) is 30.0 Å². The Balaban J connectivity index is 1.33. The van der Waals surface area contributed by atoms with Gasteiger partial charge in [-0.25, -0.2) is 18.7 Å². The lowest BCUT2D eigenvalue weighted by atomic mass is 9.90. The molecule has 34 heavy (non-hydrogen) atoms. The number of fused-ring (bicyclic) bond motifs is 1. The first kappa shape index (κ1) is 22.3. The molecule has 176 valence electrons. The van der Waals surface area contributed by atoms with Gasteiger partial charge < -0.3 is 15.6 Å². The molecule has 11 heteroatoms. The van der Waals surface area contributed by atoms with Gasteiger partial charge in [-0.2, -0.15) is 5.10 Å². The van der Waals surface area contributed by atoms with Crippen LogP contribution in [0.2, 0.25) is 5.02 Å². The van der Waals surface area contributed by atoms with Crippen LogP contribution in [-0.4, -0.2) is 42.7 Å². The average molecular weight is 486 g/mol. The summed E-state index contributed by atoms with van der Waals surface area (Å²) in [4.78, 5) is 23.8. The second-order valence-electron chi connectivity index (χ2n) is 8.48. The van der Waals surface area contributed by atoms with Gasteiger partial charge in [-0.3, -0.25) is 9.48 Å². The Kier molecular flexibility index (Phi) is 5.91. The Morgan fingerprint density at radius 3 is 2.82 bits per heavy atom. The summed E-state index contributed by atoms with van der Waals surface area (Å²) in [6, 6.07) is 2.69. The fourth-order valence-electron chi connectivity index (χ4n) is 4.39. The van der Waals surface area contributed by atoms with Crippen LogP contribution >= 0.6 is 11.6 Å². The fraction of sp³-hybridized carbons (Fsp3) is 0.304. The van der Waals surface area contributed by atoms with Gasteiger partial charge in [-0.15, -0.1) is 0 Å². The van der Waals surface area contributed by atoms with Crippen LogP contribution in [0.15, 0.2) is 36.9 Å². The maximum atomic E-state index is 14.6. The molecule has 0 unspecified atom stereocenters. The molecule has 1 aliphatic rings. The first-order valence-electron chi connectivity index (χ1n) is 10.9. The Morgan fingerprint density at radius 1 is 1.21 bits per heavy atom. The molecule has 1 amide bonds. The molecule has 1 aromatic carbocycles. The minimum atomic E-state index is -0.589. The maximum Gasteiger partial charge on any atom is 0.254 e. The van der Waals surface area contributed by atoms with Crippen molar-refractivity contribution in [3.8, 4) is 11.4 Å². The lowest BCUT2D eigenvalue weighted by Crippen LogP contribution is -2.42. The monoisotopic (exact) mass is 485 g/mol. The number of H-pyrrole nitrogens is 1. The average Bonchev–Trinajstić information content (AvgIpc) is 3.42. The van der Waals surface area contributed by atoms with E-state index in [0.717, 1.165) is 25.5 Å². The maximum absolute atomic E-state index is 14.6. The van der Waals surface area contributed by atoms with Crippen LogP contribution in [-0.2, 0) is 7.05 Å². The van der Waals surface area contributed by atoms with Crippen LogP contribution in [0, 0.1) is 11.6 Å². The number of carbonyl (C=O) groups excluding carboxylic acids is 1. The minimum Gasteiger partial charge on any atom is -0.365 e. The van der Waals surface area contributed by atoms with Crippen molar-refractivity contribution in [3.63, 3.8) is 0 Å². The van der Waals surface area contributed by atoms with E-state index in [1.54, 1.807) is 30.2 Å². The van der Waals surface area contributed by atoms with Crippen molar-refractivity contribution in [2.45, 2.75) is 37.8 Å². The fourth-order valence-corrected chi connectivity index (χ4v) is 4.60. The number of carbonyl (C=O) groups is 1. The number of aromatic nitrogens is 5. The normalized spacial score (nSPS) is 18.2. The molecule has 1 fully saturated rings. The third-order valence-corrected chi connectivity index (χ3v) is 6.23. The summed E-state index contributed by atoms with van der Waals surface area (Å²) < 4.78 is 30.4. The number of amides is 1. The molecule has 8 nitrogen and oxygen atoms in total. The number of aryl methyl sites for hydroxylation is 1. The highest BCUT2D eigenvalue weighted by Gasteiger charge is 2.25. The Morgan fingerprint density at radius 2 is 2.03 bits per heavy atom. The van der Waals surface area contributed by atoms with Crippen molar-refractivity contribution >= 4 is 34.2 Å². The zero-order valence-corrected chi connectivity index (χ0v) is 19.0. The number of aromatic amines is 1. The Hall–Kier alpha value is -3.53. The minimum absolute atomic E-state index is 0.0536. The highest BCUT2D eigenvalue weighted by atomic mass is 35.5. The molecule has 5 rings (SSSR count). The molecule has 2 atom stereocenters. The van der Waals surface area contributed by atoms with E-state index in [0.29, 0.717) is 22.9 Å². The largest absolute Gasteiger partial charge is 0.365 e. The van der Waals surface area contributed by atoms with E-state index in [9.17, 15) is 13.6 Å². The number of hydrogen-bond donors (Lipinski definition) is 3. The van der Waals surface area contributed by atoms with E-state index in [-0.39, 0.29) is 40.2 Å². The van der Waals surface area contributed by atoms with E-state index in [1.165, 1.54) is 12.3 Å². The predicted molar refractivity (Wildman–Crippen MR) is 125 cm³/mol.